The molecule has 1 saturated heterocycles. The van der Waals surface area contributed by atoms with Gasteiger partial charge in [0.25, 0.3) is 5.91 Å². The highest BCUT2D eigenvalue weighted by molar-refractivity contribution is 5.93. The largest absolute Gasteiger partial charge is 0.378 e. The minimum atomic E-state index is -0.286. The zero-order valence-corrected chi connectivity index (χ0v) is 15.9. The molecule has 1 aliphatic heterocycles. The van der Waals surface area contributed by atoms with Gasteiger partial charge in [-0.05, 0) is 0 Å². The Morgan fingerprint density at radius 1 is 1.10 bits per heavy atom. The fourth-order valence-electron chi connectivity index (χ4n) is 3.02. The van der Waals surface area contributed by atoms with E-state index in [0.717, 1.165) is 24.3 Å². The molecule has 0 spiro atoms. The van der Waals surface area contributed by atoms with Crippen molar-refractivity contribution in [1.82, 2.24) is 20.7 Å². The van der Waals surface area contributed by atoms with Crippen molar-refractivity contribution in [2.75, 3.05) is 49.6 Å². The van der Waals surface area contributed by atoms with Crippen LogP contribution in [0.5, 0.6) is 0 Å². The number of hydrogen-bond acceptors (Lipinski definition) is 8. The molecule has 150 valence electrons. The van der Waals surface area contributed by atoms with E-state index in [-0.39, 0.29) is 11.6 Å². The number of rotatable bonds is 7. The molecule has 0 aliphatic carbocycles. The second kappa shape index (κ2) is 9.16. The third-order valence-corrected chi connectivity index (χ3v) is 4.53. The Bertz CT molecular complexity index is 940. The monoisotopic (exact) mass is 394 g/mol. The summed E-state index contributed by atoms with van der Waals surface area (Å²) in [6.07, 6.45) is 1.74. The first-order valence-corrected chi connectivity index (χ1v) is 9.49. The van der Waals surface area contributed by atoms with Gasteiger partial charge in [-0.25, -0.2) is 0 Å². The van der Waals surface area contributed by atoms with E-state index in [1.807, 2.05) is 36.4 Å². The number of nitrogens with one attached hydrogen (secondary N) is 2. The normalized spacial score (nSPS) is 13.9. The highest BCUT2D eigenvalue weighted by Gasteiger charge is 2.14. The third kappa shape index (κ3) is 4.88. The van der Waals surface area contributed by atoms with Crippen molar-refractivity contribution >= 4 is 17.4 Å². The fourth-order valence-corrected chi connectivity index (χ4v) is 3.02. The first kappa shape index (κ1) is 18.9. The van der Waals surface area contributed by atoms with E-state index >= 15 is 0 Å². The van der Waals surface area contributed by atoms with Crippen molar-refractivity contribution in [3.05, 3.63) is 54.4 Å². The molecule has 2 aromatic heterocycles. The summed E-state index contributed by atoms with van der Waals surface area (Å²) in [6, 6.07) is 13.1. The summed E-state index contributed by atoms with van der Waals surface area (Å²) in [5.41, 5.74) is 2.13. The van der Waals surface area contributed by atoms with Gasteiger partial charge in [0.05, 0.1) is 25.1 Å². The zero-order chi connectivity index (χ0) is 19.9. The molecule has 3 heterocycles. The maximum Gasteiger partial charge on any atom is 0.273 e. The first-order chi connectivity index (χ1) is 14.3. The van der Waals surface area contributed by atoms with Gasteiger partial charge in [-0.1, -0.05) is 35.5 Å². The smallest absolute Gasteiger partial charge is 0.273 e. The molecular formula is C20H22N6O3. The first-order valence-electron chi connectivity index (χ1n) is 9.49. The van der Waals surface area contributed by atoms with Gasteiger partial charge in [0, 0.05) is 43.9 Å². The van der Waals surface area contributed by atoms with Gasteiger partial charge >= 0.3 is 0 Å². The van der Waals surface area contributed by atoms with Crippen LogP contribution in [-0.2, 0) is 4.74 Å². The van der Waals surface area contributed by atoms with Crippen LogP contribution >= 0.6 is 0 Å². The Hall–Kier alpha value is -3.46. The van der Waals surface area contributed by atoms with Crippen LogP contribution in [-0.4, -0.2) is 60.7 Å². The Morgan fingerprint density at radius 2 is 1.93 bits per heavy atom. The Labute approximate surface area is 168 Å². The van der Waals surface area contributed by atoms with Crippen LogP contribution in [0.2, 0.25) is 0 Å². The van der Waals surface area contributed by atoms with Crippen molar-refractivity contribution in [2.24, 2.45) is 0 Å². The lowest BCUT2D eigenvalue weighted by Gasteiger charge is -2.28. The number of carbonyl (C=O) groups is 1. The summed E-state index contributed by atoms with van der Waals surface area (Å²) >= 11 is 0. The van der Waals surface area contributed by atoms with E-state index in [0.29, 0.717) is 37.9 Å². The Balaban J connectivity index is 1.25. The number of ether oxygens (including phenoxy) is 1. The molecular weight excluding hydrogens is 372 g/mol. The second-order valence-corrected chi connectivity index (χ2v) is 6.52. The van der Waals surface area contributed by atoms with Gasteiger partial charge < -0.3 is 24.8 Å². The summed E-state index contributed by atoms with van der Waals surface area (Å²) in [4.78, 5) is 14.5. The quantitative estimate of drug-likeness (QED) is 0.585. The maximum absolute atomic E-state index is 12.3. The van der Waals surface area contributed by atoms with Gasteiger partial charge in [-0.15, -0.1) is 5.10 Å². The van der Waals surface area contributed by atoms with Crippen LogP contribution in [0.25, 0.3) is 11.3 Å². The number of aromatic nitrogens is 3. The molecule has 4 rings (SSSR count). The highest BCUT2D eigenvalue weighted by atomic mass is 16.5. The van der Waals surface area contributed by atoms with E-state index in [1.54, 1.807) is 12.3 Å². The summed E-state index contributed by atoms with van der Waals surface area (Å²) in [6.45, 7) is 4.02. The lowest BCUT2D eigenvalue weighted by atomic mass is 10.1. The van der Waals surface area contributed by atoms with Crippen LogP contribution in [0, 0.1) is 0 Å². The third-order valence-electron chi connectivity index (χ3n) is 4.53. The number of anilines is 2. The highest BCUT2D eigenvalue weighted by Crippen LogP contribution is 2.19. The Morgan fingerprint density at radius 3 is 2.76 bits per heavy atom. The maximum atomic E-state index is 12.3. The number of amides is 1. The lowest BCUT2D eigenvalue weighted by Crippen LogP contribution is -2.36. The van der Waals surface area contributed by atoms with E-state index < -0.39 is 0 Å². The summed E-state index contributed by atoms with van der Waals surface area (Å²) in [5, 5.41) is 18.0. The molecule has 0 radical (unpaired) electrons. The molecule has 0 unspecified atom stereocenters. The van der Waals surface area contributed by atoms with Gasteiger partial charge in [0.2, 0.25) is 0 Å². The van der Waals surface area contributed by atoms with E-state index in [2.05, 4.69) is 30.9 Å². The molecule has 9 heteroatoms. The fraction of sp³-hybridized carbons (Fsp3) is 0.300. The summed E-state index contributed by atoms with van der Waals surface area (Å²) in [7, 11) is 0. The standard InChI is InChI=1S/C20H22N6O3/c27-20(17-13-18(29-25-17)15-4-2-1-3-5-15)22-7-6-21-19-12-16(14-23-24-19)26-8-10-28-11-9-26/h1-5,12-14H,6-11H2,(H,21,24)(H,22,27). The van der Waals surface area contributed by atoms with Crippen molar-refractivity contribution in [3.8, 4) is 11.3 Å². The number of benzene rings is 1. The average molecular weight is 394 g/mol. The van der Waals surface area contributed by atoms with Crippen LogP contribution in [0.15, 0.2) is 53.2 Å². The van der Waals surface area contributed by atoms with Crippen molar-refractivity contribution < 1.29 is 14.1 Å². The van der Waals surface area contributed by atoms with Crippen molar-refractivity contribution in [2.45, 2.75) is 0 Å². The van der Waals surface area contributed by atoms with E-state index in [1.165, 1.54) is 0 Å². The molecule has 29 heavy (non-hydrogen) atoms. The van der Waals surface area contributed by atoms with E-state index in [4.69, 9.17) is 9.26 Å². The van der Waals surface area contributed by atoms with Crippen LogP contribution in [0.4, 0.5) is 11.5 Å². The number of hydrogen-bond donors (Lipinski definition) is 2. The van der Waals surface area contributed by atoms with Gasteiger partial charge in [-0.2, -0.15) is 5.10 Å². The van der Waals surface area contributed by atoms with Crippen LogP contribution in [0.1, 0.15) is 10.5 Å². The minimum Gasteiger partial charge on any atom is -0.378 e. The van der Waals surface area contributed by atoms with E-state index in [9.17, 15) is 4.79 Å². The molecule has 3 aromatic rings. The predicted octanol–water partition coefficient (Wildman–Crippen LogP) is 1.81. The zero-order valence-electron chi connectivity index (χ0n) is 15.9. The summed E-state index contributed by atoms with van der Waals surface area (Å²) in [5.74, 6) is 0.936. The molecule has 0 bridgehead atoms. The number of morpholine rings is 1. The molecule has 1 amide bonds. The average Bonchev–Trinajstić information content (AvgIpc) is 3.29. The number of nitrogens with zero attached hydrogens (tertiary/aromatic N) is 4. The van der Waals surface area contributed by atoms with Gasteiger partial charge in [-0.3, -0.25) is 4.79 Å². The van der Waals surface area contributed by atoms with Crippen molar-refractivity contribution in [3.63, 3.8) is 0 Å². The van der Waals surface area contributed by atoms with Crippen molar-refractivity contribution in [1.29, 1.82) is 0 Å². The van der Waals surface area contributed by atoms with Gasteiger partial charge in [0.1, 0.15) is 0 Å². The molecule has 0 saturated carbocycles. The molecule has 9 nitrogen and oxygen atoms in total. The molecule has 1 aromatic carbocycles. The molecule has 0 atom stereocenters. The predicted molar refractivity (Wildman–Crippen MR) is 108 cm³/mol. The topological polar surface area (TPSA) is 105 Å². The van der Waals surface area contributed by atoms with Crippen LogP contribution < -0.4 is 15.5 Å². The SMILES string of the molecule is O=C(NCCNc1cc(N2CCOCC2)cnn1)c1cc(-c2ccccc2)on1. The number of carbonyl (C=O) groups excluding carboxylic acids is 1. The molecule has 1 fully saturated rings. The van der Waals surface area contributed by atoms with Gasteiger partial charge in [0.15, 0.2) is 17.3 Å². The Kier molecular flexibility index (Phi) is 5.96. The van der Waals surface area contributed by atoms with Crippen LogP contribution in [0.3, 0.4) is 0 Å². The molecule has 1 aliphatic rings. The molecule has 2 N–H and O–H groups in total. The lowest BCUT2D eigenvalue weighted by molar-refractivity contribution is 0.0946. The minimum absolute atomic E-state index is 0.248. The summed E-state index contributed by atoms with van der Waals surface area (Å²) < 4.78 is 10.6. The second-order valence-electron chi connectivity index (χ2n) is 6.52.